The lowest BCUT2D eigenvalue weighted by atomic mass is 9.94. The standard InChI is InChI=1S/C26H19F4NO3/c1-2-15-3-5-17(6-4-15)23(32)21-22(16-7-11-19(27)12-8-16)31(25(34)24(21)33)20-13-9-18(10-14-20)26(28,29)30/h3-14,22,32H,2H2,1H3/b23-21+. The van der Waals surface area contributed by atoms with E-state index in [0.29, 0.717) is 11.1 Å². The number of halogens is 4. The Kier molecular flexibility index (Phi) is 6.00. The van der Waals surface area contributed by atoms with Crippen molar-refractivity contribution in [1.82, 2.24) is 0 Å². The molecule has 8 heteroatoms. The number of hydrogen-bond donors (Lipinski definition) is 1. The van der Waals surface area contributed by atoms with E-state index in [1.165, 1.54) is 12.1 Å². The van der Waals surface area contributed by atoms with Crippen LogP contribution in [0.25, 0.3) is 5.76 Å². The van der Waals surface area contributed by atoms with Crippen LogP contribution in [0.2, 0.25) is 0 Å². The van der Waals surface area contributed by atoms with Crippen LogP contribution in [0.4, 0.5) is 23.2 Å². The van der Waals surface area contributed by atoms with E-state index in [1.807, 2.05) is 6.92 Å². The van der Waals surface area contributed by atoms with Gasteiger partial charge in [-0.15, -0.1) is 0 Å². The van der Waals surface area contributed by atoms with Crippen molar-refractivity contribution in [2.24, 2.45) is 0 Å². The molecule has 3 aromatic carbocycles. The third kappa shape index (κ3) is 4.19. The van der Waals surface area contributed by atoms with Gasteiger partial charge in [0.2, 0.25) is 0 Å². The molecule has 3 aromatic rings. The van der Waals surface area contributed by atoms with Gasteiger partial charge in [0, 0.05) is 11.3 Å². The van der Waals surface area contributed by atoms with Gasteiger partial charge >= 0.3 is 6.18 Å². The van der Waals surface area contributed by atoms with E-state index >= 15 is 0 Å². The Labute approximate surface area is 192 Å². The number of alkyl halides is 3. The fourth-order valence-electron chi connectivity index (χ4n) is 3.92. The van der Waals surface area contributed by atoms with E-state index in [4.69, 9.17) is 0 Å². The second-order valence-electron chi connectivity index (χ2n) is 7.82. The number of aliphatic hydroxyl groups is 1. The lowest BCUT2D eigenvalue weighted by Crippen LogP contribution is -2.29. The summed E-state index contributed by atoms with van der Waals surface area (Å²) in [4.78, 5) is 27.1. The third-order valence-corrected chi connectivity index (χ3v) is 5.74. The van der Waals surface area contributed by atoms with Crippen molar-refractivity contribution in [1.29, 1.82) is 0 Å². The molecule has 1 saturated heterocycles. The van der Waals surface area contributed by atoms with Crippen LogP contribution >= 0.6 is 0 Å². The van der Waals surface area contributed by atoms with Gasteiger partial charge in [-0.1, -0.05) is 43.3 Å². The molecular formula is C26H19F4NO3. The van der Waals surface area contributed by atoms with E-state index < -0.39 is 41.0 Å². The Balaban J connectivity index is 1.88. The van der Waals surface area contributed by atoms with Crippen LogP contribution in [0, 0.1) is 5.82 Å². The lowest BCUT2D eigenvalue weighted by Gasteiger charge is -2.25. The molecule has 1 heterocycles. The van der Waals surface area contributed by atoms with Gasteiger partial charge in [0.15, 0.2) is 0 Å². The molecule has 1 amide bonds. The molecule has 1 aliphatic heterocycles. The molecule has 4 nitrogen and oxygen atoms in total. The SMILES string of the molecule is CCc1ccc(/C(O)=C2\C(=O)C(=O)N(c3ccc(C(F)(F)F)cc3)C2c2ccc(F)cc2)cc1. The second kappa shape index (κ2) is 8.78. The number of carbonyl (C=O) groups excluding carboxylic acids is 2. The molecule has 0 aromatic heterocycles. The van der Waals surface area contributed by atoms with E-state index in [0.717, 1.165) is 53.3 Å². The predicted octanol–water partition coefficient (Wildman–Crippen LogP) is 6.03. The molecule has 0 saturated carbocycles. The number of rotatable bonds is 4. The number of aryl methyl sites for hydroxylation is 1. The minimum atomic E-state index is -4.58. The largest absolute Gasteiger partial charge is 0.507 e. The minimum absolute atomic E-state index is 0.0322. The summed E-state index contributed by atoms with van der Waals surface area (Å²) < 4.78 is 52.6. The fourth-order valence-corrected chi connectivity index (χ4v) is 3.92. The van der Waals surface area contributed by atoms with Crippen LogP contribution in [-0.4, -0.2) is 16.8 Å². The van der Waals surface area contributed by atoms with Crippen LogP contribution in [0.15, 0.2) is 78.4 Å². The van der Waals surface area contributed by atoms with Crippen molar-refractivity contribution >= 4 is 23.1 Å². The highest BCUT2D eigenvalue weighted by Gasteiger charge is 2.47. The van der Waals surface area contributed by atoms with Crippen molar-refractivity contribution < 1.29 is 32.3 Å². The fraction of sp³-hybridized carbons (Fsp3) is 0.154. The zero-order valence-corrected chi connectivity index (χ0v) is 17.9. The highest BCUT2D eigenvalue weighted by Crippen LogP contribution is 2.42. The van der Waals surface area contributed by atoms with Crippen molar-refractivity contribution in [2.45, 2.75) is 25.6 Å². The van der Waals surface area contributed by atoms with Gasteiger partial charge < -0.3 is 5.11 Å². The summed E-state index contributed by atoms with van der Waals surface area (Å²) in [5, 5.41) is 11.0. The lowest BCUT2D eigenvalue weighted by molar-refractivity contribution is -0.137. The average Bonchev–Trinajstić information content (AvgIpc) is 3.09. The van der Waals surface area contributed by atoms with Crippen molar-refractivity contribution in [3.63, 3.8) is 0 Å². The summed E-state index contributed by atoms with van der Waals surface area (Å²) in [5.41, 5.74) is 0.492. The summed E-state index contributed by atoms with van der Waals surface area (Å²) >= 11 is 0. The first-order valence-electron chi connectivity index (χ1n) is 10.4. The van der Waals surface area contributed by atoms with Gasteiger partial charge in [-0.05, 0) is 53.9 Å². The van der Waals surface area contributed by atoms with Crippen molar-refractivity contribution in [3.8, 4) is 0 Å². The number of aliphatic hydroxyl groups excluding tert-OH is 1. The number of benzene rings is 3. The van der Waals surface area contributed by atoms with Gasteiger partial charge in [0.1, 0.15) is 11.6 Å². The van der Waals surface area contributed by atoms with Gasteiger partial charge in [0.25, 0.3) is 11.7 Å². The number of nitrogens with zero attached hydrogens (tertiary/aromatic N) is 1. The molecule has 1 fully saturated rings. The monoisotopic (exact) mass is 469 g/mol. The molecule has 0 spiro atoms. The second-order valence-corrected chi connectivity index (χ2v) is 7.82. The van der Waals surface area contributed by atoms with Crippen LogP contribution in [0.5, 0.6) is 0 Å². The average molecular weight is 469 g/mol. The number of anilines is 1. The zero-order chi connectivity index (χ0) is 24.6. The van der Waals surface area contributed by atoms with Crippen LogP contribution < -0.4 is 4.90 Å². The Morgan fingerprint density at radius 3 is 2.03 bits per heavy atom. The molecule has 1 unspecified atom stereocenters. The summed E-state index contributed by atoms with van der Waals surface area (Å²) in [6.07, 6.45) is -3.82. The van der Waals surface area contributed by atoms with Gasteiger partial charge in [-0.3, -0.25) is 14.5 Å². The molecule has 174 valence electrons. The molecule has 34 heavy (non-hydrogen) atoms. The van der Waals surface area contributed by atoms with E-state index in [9.17, 15) is 32.3 Å². The Morgan fingerprint density at radius 2 is 1.50 bits per heavy atom. The molecule has 0 aliphatic carbocycles. The van der Waals surface area contributed by atoms with Crippen LogP contribution in [0.3, 0.4) is 0 Å². The predicted molar refractivity (Wildman–Crippen MR) is 118 cm³/mol. The van der Waals surface area contributed by atoms with Gasteiger partial charge in [-0.25, -0.2) is 4.39 Å². The van der Waals surface area contributed by atoms with Crippen LogP contribution in [0.1, 0.15) is 35.2 Å². The van der Waals surface area contributed by atoms with Gasteiger partial charge in [-0.2, -0.15) is 13.2 Å². The topological polar surface area (TPSA) is 57.6 Å². The number of ketones is 1. The quantitative estimate of drug-likeness (QED) is 0.220. The molecule has 1 atom stereocenters. The Morgan fingerprint density at radius 1 is 0.912 bits per heavy atom. The summed E-state index contributed by atoms with van der Waals surface area (Å²) in [6, 6.07) is 14.4. The Hall–Kier alpha value is -3.94. The number of hydrogen-bond acceptors (Lipinski definition) is 3. The first-order valence-corrected chi connectivity index (χ1v) is 10.4. The smallest absolute Gasteiger partial charge is 0.416 e. The van der Waals surface area contributed by atoms with E-state index in [2.05, 4.69) is 0 Å². The van der Waals surface area contributed by atoms with E-state index in [1.54, 1.807) is 24.3 Å². The first-order chi connectivity index (χ1) is 16.1. The highest BCUT2D eigenvalue weighted by molar-refractivity contribution is 6.51. The molecule has 0 radical (unpaired) electrons. The minimum Gasteiger partial charge on any atom is -0.507 e. The first kappa shape index (κ1) is 23.2. The van der Waals surface area contributed by atoms with Crippen molar-refractivity contribution in [3.05, 3.63) is 106 Å². The van der Waals surface area contributed by atoms with Crippen molar-refractivity contribution in [2.75, 3.05) is 4.90 Å². The number of carbonyl (C=O) groups is 2. The normalized spacial score (nSPS) is 17.9. The molecule has 1 aliphatic rings. The van der Waals surface area contributed by atoms with Crippen LogP contribution in [-0.2, 0) is 22.2 Å². The highest BCUT2D eigenvalue weighted by atomic mass is 19.4. The maximum Gasteiger partial charge on any atom is 0.416 e. The molecule has 0 bridgehead atoms. The summed E-state index contributed by atoms with van der Waals surface area (Å²) in [6.45, 7) is 1.96. The maximum atomic E-state index is 13.6. The molecule has 1 N–H and O–H groups in total. The Bertz CT molecular complexity index is 1260. The number of Topliss-reactive ketones (excluding diaryl/α,β-unsaturated/α-hetero) is 1. The third-order valence-electron chi connectivity index (χ3n) is 5.74. The number of amides is 1. The summed E-state index contributed by atoms with van der Waals surface area (Å²) in [5.74, 6) is -2.98. The summed E-state index contributed by atoms with van der Waals surface area (Å²) in [7, 11) is 0. The van der Waals surface area contributed by atoms with E-state index in [-0.39, 0.29) is 11.3 Å². The molecular weight excluding hydrogens is 450 g/mol. The zero-order valence-electron chi connectivity index (χ0n) is 17.9. The molecule has 4 rings (SSSR count). The maximum absolute atomic E-state index is 13.6. The van der Waals surface area contributed by atoms with Gasteiger partial charge in [0.05, 0.1) is 17.2 Å².